The van der Waals surface area contributed by atoms with Crippen molar-refractivity contribution < 1.29 is 0 Å². The number of hydrogen-bond donors (Lipinski definition) is 2. The van der Waals surface area contributed by atoms with Crippen molar-refractivity contribution >= 4 is 17.3 Å². The molecular formula is C17H24ClN5. The van der Waals surface area contributed by atoms with Gasteiger partial charge < -0.3 is 15.2 Å². The largest absolute Gasteiger partial charge is 0.369 e. The standard InChI is InChI=1S/C17H24ClN5/c18-15-3-1-4-16(13-15)23-11-9-22(10-12-23)8-2-5-19-14-17-20-6-7-21-17/h1,3-4,6-7,13,19H,2,5,8-12,14H2,(H,20,21). The molecule has 1 aliphatic heterocycles. The zero-order valence-corrected chi connectivity index (χ0v) is 14.1. The summed E-state index contributed by atoms with van der Waals surface area (Å²) < 4.78 is 0. The Hall–Kier alpha value is -1.56. The van der Waals surface area contributed by atoms with Crippen LogP contribution in [-0.2, 0) is 6.54 Å². The van der Waals surface area contributed by atoms with Gasteiger partial charge in [-0.1, -0.05) is 17.7 Å². The molecule has 2 heterocycles. The minimum Gasteiger partial charge on any atom is -0.369 e. The molecule has 5 nitrogen and oxygen atoms in total. The molecule has 0 unspecified atom stereocenters. The monoisotopic (exact) mass is 333 g/mol. The van der Waals surface area contributed by atoms with Crippen LogP contribution in [0.15, 0.2) is 36.7 Å². The summed E-state index contributed by atoms with van der Waals surface area (Å²) in [6, 6.07) is 8.14. The maximum atomic E-state index is 6.08. The number of nitrogens with zero attached hydrogens (tertiary/aromatic N) is 3. The molecule has 0 spiro atoms. The summed E-state index contributed by atoms with van der Waals surface area (Å²) in [7, 11) is 0. The van der Waals surface area contributed by atoms with Crippen LogP contribution < -0.4 is 10.2 Å². The number of rotatable bonds is 7. The molecule has 1 aromatic heterocycles. The maximum Gasteiger partial charge on any atom is 0.120 e. The molecule has 124 valence electrons. The average molecular weight is 334 g/mol. The van der Waals surface area contributed by atoms with Crippen LogP contribution in [0, 0.1) is 0 Å². The topological polar surface area (TPSA) is 47.2 Å². The number of halogens is 1. The number of nitrogens with one attached hydrogen (secondary N) is 2. The Balaban J connectivity index is 1.31. The fourth-order valence-corrected chi connectivity index (χ4v) is 3.12. The van der Waals surface area contributed by atoms with Crippen molar-refractivity contribution in [2.45, 2.75) is 13.0 Å². The van der Waals surface area contributed by atoms with E-state index in [0.29, 0.717) is 0 Å². The summed E-state index contributed by atoms with van der Waals surface area (Å²) >= 11 is 6.08. The van der Waals surface area contributed by atoms with Crippen LogP contribution in [0.2, 0.25) is 5.02 Å². The van der Waals surface area contributed by atoms with E-state index in [4.69, 9.17) is 11.6 Å². The van der Waals surface area contributed by atoms with Crippen molar-refractivity contribution in [3.05, 3.63) is 47.5 Å². The Morgan fingerprint density at radius 2 is 2.09 bits per heavy atom. The summed E-state index contributed by atoms with van der Waals surface area (Å²) in [4.78, 5) is 12.3. The molecule has 2 aromatic rings. The van der Waals surface area contributed by atoms with E-state index in [9.17, 15) is 0 Å². The number of imidazole rings is 1. The normalized spacial score (nSPS) is 16.0. The third-order valence-corrected chi connectivity index (χ3v) is 4.46. The highest BCUT2D eigenvalue weighted by Gasteiger charge is 2.16. The molecule has 3 rings (SSSR count). The fraction of sp³-hybridized carbons (Fsp3) is 0.471. The minimum absolute atomic E-state index is 0.813. The summed E-state index contributed by atoms with van der Waals surface area (Å²) in [5.41, 5.74) is 1.23. The number of benzene rings is 1. The predicted octanol–water partition coefficient (Wildman–Crippen LogP) is 2.37. The maximum absolute atomic E-state index is 6.08. The van der Waals surface area contributed by atoms with Crippen LogP contribution in [-0.4, -0.2) is 54.1 Å². The molecule has 0 saturated carbocycles. The van der Waals surface area contributed by atoms with Crippen molar-refractivity contribution in [1.29, 1.82) is 0 Å². The van der Waals surface area contributed by atoms with E-state index in [2.05, 4.69) is 37.2 Å². The Labute approximate surface area is 142 Å². The minimum atomic E-state index is 0.813. The second-order valence-electron chi connectivity index (χ2n) is 5.87. The number of aromatic amines is 1. The smallest absolute Gasteiger partial charge is 0.120 e. The van der Waals surface area contributed by atoms with Crippen molar-refractivity contribution in [2.24, 2.45) is 0 Å². The van der Waals surface area contributed by atoms with E-state index < -0.39 is 0 Å². The van der Waals surface area contributed by atoms with Gasteiger partial charge in [0, 0.05) is 49.3 Å². The first-order valence-electron chi connectivity index (χ1n) is 8.23. The number of piperazine rings is 1. The van der Waals surface area contributed by atoms with Crippen LogP contribution >= 0.6 is 11.6 Å². The van der Waals surface area contributed by atoms with Gasteiger partial charge in [-0.05, 0) is 37.7 Å². The van der Waals surface area contributed by atoms with Crippen molar-refractivity contribution in [3.8, 4) is 0 Å². The van der Waals surface area contributed by atoms with Gasteiger partial charge in [-0.25, -0.2) is 4.98 Å². The van der Waals surface area contributed by atoms with Crippen molar-refractivity contribution in [1.82, 2.24) is 20.2 Å². The molecular weight excluding hydrogens is 310 g/mol. The first kappa shape index (κ1) is 16.3. The molecule has 1 aromatic carbocycles. The third-order valence-electron chi connectivity index (χ3n) is 4.22. The molecule has 2 N–H and O–H groups in total. The number of H-pyrrole nitrogens is 1. The molecule has 0 bridgehead atoms. The van der Waals surface area contributed by atoms with E-state index in [1.807, 2.05) is 18.3 Å². The van der Waals surface area contributed by atoms with Crippen LogP contribution in [0.1, 0.15) is 12.2 Å². The fourth-order valence-electron chi connectivity index (χ4n) is 2.93. The second kappa shape index (κ2) is 8.34. The van der Waals surface area contributed by atoms with E-state index in [1.54, 1.807) is 6.20 Å². The lowest BCUT2D eigenvalue weighted by atomic mass is 10.2. The molecule has 1 aliphatic rings. The zero-order chi connectivity index (χ0) is 15.9. The molecule has 1 fully saturated rings. The quantitative estimate of drug-likeness (QED) is 0.764. The Bertz CT molecular complexity index is 578. The van der Waals surface area contributed by atoms with Crippen LogP contribution in [0.5, 0.6) is 0 Å². The molecule has 1 saturated heterocycles. The molecule has 0 amide bonds. The van der Waals surface area contributed by atoms with E-state index in [-0.39, 0.29) is 0 Å². The van der Waals surface area contributed by atoms with Crippen molar-refractivity contribution in [3.63, 3.8) is 0 Å². The van der Waals surface area contributed by atoms with Gasteiger partial charge in [-0.15, -0.1) is 0 Å². The summed E-state index contributed by atoms with van der Waals surface area (Å²) in [6.07, 6.45) is 4.81. The van der Waals surface area contributed by atoms with Gasteiger partial charge in [0.05, 0.1) is 6.54 Å². The Kier molecular flexibility index (Phi) is 5.91. The van der Waals surface area contributed by atoms with Gasteiger partial charge in [0.15, 0.2) is 0 Å². The number of hydrogen-bond acceptors (Lipinski definition) is 4. The zero-order valence-electron chi connectivity index (χ0n) is 13.3. The lowest BCUT2D eigenvalue weighted by molar-refractivity contribution is 0.254. The summed E-state index contributed by atoms with van der Waals surface area (Å²) in [6.45, 7) is 7.36. The first-order chi connectivity index (χ1) is 11.3. The van der Waals surface area contributed by atoms with Gasteiger partial charge >= 0.3 is 0 Å². The van der Waals surface area contributed by atoms with Gasteiger partial charge in [0.25, 0.3) is 0 Å². The van der Waals surface area contributed by atoms with E-state index in [0.717, 1.165) is 63.1 Å². The Morgan fingerprint density at radius 3 is 2.83 bits per heavy atom. The number of anilines is 1. The van der Waals surface area contributed by atoms with Crippen LogP contribution in [0.4, 0.5) is 5.69 Å². The van der Waals surface area contributed by atoms with Gasteiger partial charge in [-0.2, -0.15) is 0 Å². The van der Waals surface area contributed by atoms with E-state index in [1.165, 1.54) is 5.69 Å². The third kappa shape index (κ3) is 4.96. The number of aromatic nitrogens is 2. The van der Waals surface area contributed by atoms with Crippen LogP contribution in [0.25, 0.3) is 0 Å². The summed E-state index contributed by atoms with van der Waals surface area (Å²) in [5, 5.41) is 4.24. The van der Waals surface area contributed by atoms with Crippen molar-refractivity contribution in [2.75, 3.05) is 44.2 Å². The molecule has 0 aliphatic carbocycles. The molecule has 6 heteroatoms. The lowest BCUT2D eigenvalue weighted by Crippen LogP contribution is -2.47. The molecule has 23 heavy (non-hydrogen) atoms. The summed E-state index contributed by atoms with van der Waals surface area (Å²) in [5.74, 6) is 1.00. The SMILES string of the molecule is Clc1cccc(N2CCN(CCCNCc3ncc[nH]3)CC2)c1. The average Bonchev–Trinajstić information content (AvgIpc) is 3.08. The van der Waals surface area contributed by atoms with E-state index >= 15 is 0 Å². The van der Waals surface area contributed by atoms with Gasteiger partial charge in [0.1, 0.15) is 5.82 Å². The second-order valence-corrected chi connectivity index (χ2v) is 6.31. The van der Waals surface area contributed by atoms with Gasteiger partial charge in [-0.3, -0.25) is 4.90 Å². The predicted molar refractivity (Wildman–Crippen MR) is 95.0 cm³/mol. The lowest BCUT2D eigenvalue weighted by Gasteiger charge is -2.36. The highest BCUT2D eigenvalue weighted by Crippen LogP contribution is 2.20. The van der Waals surface area contributed by atoms with Gasteiger partial charge in [0.2, 0.25) is 0 Å². The highest BCUT2D eigenvalue weighted by atomic mass is 35.5. The molecule has 0 radical (unpaired) electrons. The first-order valence-corrected chi connectivity index (χ1v) is 8.61. The molecule has 0 atom stereocenters. The highest BCUT2D eigenvalue weighted by molar-refractivity contribution is 6.30. The van der Waals surface area contributed by atoms with Crippen LogP contribution in [0.3, 0.4) is 0 Å². The Morgan fingerprint density at radius 1 is 1.22 bits per heavy atom.